The van der Waals surface area contributed by atoms with Crippen LogP contribution in [0.1, 0.15) is 72.6 Å². The van der Waals surface area contributed by atoms with Gasteiger partial charge in [0, 0.05) is 12.1 Å². The molecular formula is C17H34N2. The molecule has 0 heterocycles. The van der Waals surface area contributed by atoms with Crippen LogP contribution in [-0.4, -0.2) is 12.1 Å². The second-order valence-electron chi connectivity index (χ2n) is 8.69. The summed E-state index contributed by atoms with van der Waals surface area (Å²) in [5.74, 6) is 1.71. The van der Waals surface area contributed by atoms with E-state index in [-0.39, 0.29) is 0 Å². The molecule has 0 aromatic rings. The molecule has 0 amide bonds. The SMILES string of the molecule is CC1(C)CC(N)CCC1CC1CCC(N)CC1(C)C. The minimum Gasteiger partial charge on any atom is -0.328 e. The smallest absolute Gasteiger partial charge is 0.00441 e. The zero-order chi connectivity index (χ0) is 14.3. The van der Waals surface area contributed by atoms with E-state index in [1.807, 2.05) is 0 Å². The highest BCUT2D eigenvalue weighted by Crippen LogP contribution is 2.49. The minimum atomic E-state index is 0.424. The highest BCUT2D eigenvalue weighted by atomic mass is 14.7. The number of hydrogen-bond donors (Lipinski definition) is 2. The first-order valence-corrected chi connectivity index (χ1v) is 8.22. The number of hydrogen-bond acceptors (Lipinski definition) is 2. The molecule has 0 aromatic carbocycles. The molecule has 0 aliphatic heterocycles. The molecule has 4 atom stereocenters. The first-order valence-electron chi connectivity index (χ1n) is 8.22. The predicted molar refractivity (Wildman–Crippen MR) is 82.8 cm³/mol. The summed E-state index contributed by atoms with van der Waals surface area (Å²) in [4.78, 5) is 0. The normalized spacial score (nSPS) is 42.0. The zero-order valence-electron chi connectivity index (χ0n) is 13.4. The highest BCUT2D eigenvalue weighted by molar-refractivity contribution is 4.94. The Hall–Kier alpha value is -0.0800. The molecule has 2 heteroatoms. The maximum atomic E-state index is 6.16. The second kappa shape index (κ2) is 5.37. The maximum absolute atomic E-state index is 6.16. The summed E-state index contributed by atoms with van der Waals surface area (Å²) in [5.41, 5.74) is 13.2. The van der Waals surface area contributed by atoms with Crippen LogP contribution in [0, 0.1) is 22.7 Å². The molecule has 4 N–H and O–H groups in total. The van der Waals surface area contributed by atoms with Gasteiger partial charge in [0.2, 0.25) is 0 Å². The van der Waals surface area contributed by atoms with E-state index >= 15 is 0 Å². The minimum absolute atomic E-state index is 0.424. The number of rotatable bonds is 2. The van der Waals surface area contributed by atoms with Crippen LogP contribution < -0.4 is 11.5 Å². The van der Waals surface area contributed by atoms with Gasteiger partial charge in [0.1, 0.15) is 0 Å². The van der Waals surface area contributed by atoms with E-state index in [4.69, 9.17) is 11.5 Å². The second-order valence-corrected chi connectivity index (χ2v) is 8.69. The molecule has 0 saturated heterocycles. The van der Waals surface area contributed by atoms with Crippen molar-refractivity contribution in [3.05, 3.63) is 0 Å². The third-order valence-electron chi connectivity index (χ3n) is 6.13. The lowest BCUT2D eigenvalue weighted by atomic mass is 9.59. The Labute approximate surface area is 119 Å². The van der Waals surface area contributed by atoms with Gasteiger partial charge in [0.05, 0.1) is 0 Å². The molecule has 4 unspecified atom stereocenters. The van der Waals surface area contributed by atoms with E-state index in [2.05, 4.69) is 27.7 Å². The maximum Gasteiger partial charge on any atom is 0.00441 e. The summed E-state index contributed by atoms with van der Waals surface area (Å²) in [6, 6.07) is 0.859. The van der Waals surface area contributed by atoms with Crippen molar-refractivity contribution in [3.8, 4) is 0 Å². The number of nitrogens with two attached hydrogens (primary N) is 2. The van der Waals surface area contributed by atoms with Gasteiger partial charge in [0.25, 0.3) is 0 Å². The molecule has 2 nitrogen and oxygen atoms in total. The highest BCUT2D eigenvalue weighted by Gasteiger charge is 2.41. The van der Waals surface area contributed by atoms with Crippen molar-refractivity contribution >= 4 is 0 Å². The largest absolute Gasteiger partial charge is 0.328 e. The molecule has 2 aliphatic carbocycles. The van der Waals surface area contributed by atoms with Gasteiger partial charge in [-0.2, -0.15) is 0 Å². The monoisotopic (exact) mass is 266 g/mol. The molecule has 2 saturated carbocycles. The molecule has 2 aliphatic rings. The molecule has 2 rings (SSSR count). The van der Waals surface area contributed by atoms with E-state index in [0.29, 0.717) is 22.9 Å². The summed E-state index contributed by atoms with van der Waals surface area (Å²) in [6.45, 7) is 9.72. The molecule has 2 fully saturated rings. The fourth-order valence-corrected chi connectivity index (χ4v) is 4.72. The lowest BCUT2D eigenvalue weighted by Crippen LogP contribution is -2.43. The van der Waals surface area contributed by atoms with Crippen molar-refractivity contribution in [2.24, 2.45) is 34.1 Å². The zero-order valence-corrected chi connectivity index (χ0v) is 13.4. The lowest BCUT2D eigenvalue weighted by Gasteiger charge is -2.48. The van der Waals surface area contributed by atoms with Gasteiger partial charge in [-0.1, -0.05) is 27.7 Å². The van der Waals surface area contributed by atoms with Crippen LogP contribution >= 0.6 is 0 Å². The molecule has 0 bridgehead atoms. The van der Waals surface area contributed by atoms with E-state index in [1.165, 1.54) is 44.9 Å². The summed E-state index contributed by atoms with van der Waals surface area (Å²) in [5, 5.41) is 0. The molecular weight excluding hydrogens is 232 g/mol. The molecule has 0 spiro atoms. The molecule has 19 heavy (non-hydrogen) atoms. The van der Waals surface area contributed by atoms with Gasteiger partial charge in [-0.05, 0) is 67.6 Å². The van der Waals surface area contributed by atoms with Crippen LogP contribution in [0.3, 0.4) is 0 Å². The van der Waals surface area contributed by atoms with Crippen molar-refractivity contribution in [2.75, 3.05) is 0 Å². The van der Waals surface area contributed by atoms with Crippen LogP contribution in [-0.2, 0) is 0 Å². The van der Waals surface area contributed by atoms with Gasteiger partial charge in [-0.25, -0.2) is 0 Å². The fraction of sp³-hybridized carbons (Fsp3) is 1.00. The first-order chi connectivity index (χ1) is 8.71. The van der Waals surface area contributed by atoms with Crippen molar-refractivity contribution in [3.63, 3.8) is 0 Å². The van der Waals surface area contributed by atoms with Crippen molar-refractivity contribution in [2.45, 2.75) is 84.7 Å². The van der Waals surface area contributed by atoms with Crippen LogP contribution in [0.2, 0.25) is 0 Å². The third kappa shape index (κ3) is 3.52. The Morgan fingerprint density at radius 1 is 0.737 bits per heavy atom. The van der Waals surface area contributed by atoms with E-state index in [9.17, 15) is 0 Å². The standard InChI is InChI=1S/C17H34N2/c1-16(2)10-14(18)7-5-12(16)9-13-6-8-15(19)11-17(13,3)4/h12-15H,5-11,18-19H2,1-4H3. The van der Waals surface area contributed by atoms with E-state index in [1.54, 1.807) is 0 Å². The summed E-state index contributed by atoms with van der Waals surface area (Å²) in [7, 11) is 0. The Bertz CT molecular complexity index is 278. The van der Waals surface area contributed by atoms with Gasteiger partial charge in [-0.3, -0.25) is 0 Å². The molecule has 0 radical (unpaired) electrons. The van der Waals surface area contributed by atoms with Crippen LogP contribution in [0.25, 0.3) is 0 Å². The van der Waals surface area contributed by atoms with Crippen LogP contribution in [0.5, 0.6) is 0 Å². The van der Waals surface area contributed by atoms with Gasteiger partial charge in [0.15, 0.2) is 0 Å². The Balaban J connectivity index is 2.00. The third-order valence-corrected chi connectivity index (χ3v) is 6.13. The average Bonchev–Trinajstić information content (AvgIpc) is 2.23. The van der Waals surface area contributed by atoms with E-state index in [0.717, 1.165) is 11.8 Å². The quantitative estimate of drug-likeness (QED) is 0.801. The van der Waals surface area contributed by atoms with Crippen molar-refractivity contribution in [1.82, 2.24) is 0 Å². The van der Waals surface area contributed by atoms with Gasteiger partial charge < -0.3 is 11.5 Å². The Kier molecular flexibility index (Phi) is 4.32. The first kappa shape index (κ1) is 15.3. The van der Waals surface area contributed by atoms with Crippen LogP contribution in [0.4, 0.5) is 0 Å². The summed E-state index contributed by atoms with van der Waals surface area (Å²) < 4.78 is 0. The van der Waals surface area contributed by atoms with E-state index < -0.39 is 0 Å². The van der Waals surface area contributed by atoms with Gasteiger partial charge in [-0.15, -0.1) is 0 Å². The average molecular weight is 266 g/mol. The summed E-state index contributed by atoms with van der Waals surface area (Å²) >= 11 is 0. The van der Waals surface area contributed by atoms with Crippen molar-refractivity contribution < 1.29 is 0 Å². The van der Waals surface area contributed by atoms with Crippen molar-refractivity contribution in [1.29, 1.82) is 0 Å². The topological polar surface area (TPSA) is 52.0 Å². The summed E-state index contributed by atoms with van der Waals surface area (Å²) in [6.07, 6.45) is 8.88. The Morgan fingerprint density at radius 3 is 1.42 bits per heavy atom. The van der Waals surface area contributed by atoms with Gasteiger partial charge >= 0.3 is 0 Å². The van der Waals surface area contributed by atoms with Crippen LogP contribution in [0.15, 0.2) is 0 Å². The predicted octanol–water partition coefficient (Wildman–Crippen LogP) is 3.68. The Morgan fingerprint density at radius 2 is 1.11 bits per heavy atom. The lowest BCUT2D eigenvalue weighted by molar-refractivity contribution is 0.0416. The molecule has 112 valence electrons. The molecule has 0 aromatic heterocycles. The fourth-order valence-electron chi connectivity index (χ4n) is 4.72.